The van der Waals surface area contributed by atoms with E-state index in [2.05, 4.69) is 15.5 Å². The Hall–Kier alpha value is -6.09. The van der Waals surface area contributed by atoms with Crippen LogP contribution in [0, 0.1) is 15.9 Å². The number of benzene rings is 4. The van der Waals surface area contributed by atoms with Crippen LogP contribution in [0.3, 0.4) is 0 Å². The van der Waals surface area contributed by atoms with Gasteiger partial charge in [-0.3, -0.25) is 24.3 Å². The molecule has 1 aliphatic heterocycles. The molecule has 0 fully saturated rings. The normalized spacial score (nSPS) is 13.8. The fourth-order valence-electron chi connectivity index (χ4n) is 5.22. The Morgan fingerprint density at radius 2 is 1.68 bits per heavy atom. The molecule has 0 saturated heterocycles. The number of amides is 2. The topological polar surface area (TPSA) is 154 Å². The van der Waals surface area contributed by atoms with Gasteiger partial charge in [0.1, 0.15) is 17.3 Å². The minimum atomic E-state index is -0.507. The van der Waals surface area contributed by atoms with Gasteiger partial charge in [0, 0.05) is 24.2 Å². The number of hydrogen-bond donors (Lipinski definition) is 1. The van der Waals surface area contributed by atoms with Gasteiger partial charge in [0.2, 0.25) is 0 Å². The first kappa shape index (κ1) is 33.8. The summed E-state index contributed by atoms with van der Waals surface area (Å²) < 4.78 is 26.2. The van der Waals surface area contributed by atoms with Crippen molar-refractivity contribution in [2.45, 2.75) is 24.2 Å². The van der Waals surface area contributed by atoms with Crippen LogP contribution in [-0.2, 0) is 16.1 Å². The number of aromatic nitrogens is 3. The van der Waals surface area contributed by atoms with E-state index in [0.717, 1.165) is 22.9 Å². The number of nitro groups is 1. The van der Waals surface area contributed by atoms with E-state index in [1.54, 1.807) is 48.1 Å². The predicted molar refractivity (Wildman–Crippen MR) is 183 cm³/mol. The molecule has 50 heavy (non-hydrogen) atoms. The lowest BCUT2D eigenvalue weighted by atomic mass is 9.98. The van der Waals surface area contributed by atoms with Crippen molar-refractivity contribution in [3.63, 3.8) is 0 Å². The van der Waals surface area contributed by atoms with Crippen LogP contribution in [-0.4, -0.2) is 61.7 Å². The first-order chi connectivity index (χ1) is 24.3. The molecule has 0 bridgehead atoms. The Bertz CT molecular complexity index is 2010. The van der Waals surface area contributed by atoms with Gasteiger partial charge in [0.25, 0.3) is 17.5 Å². The van der Waals surface area contributed by atoms with Crippen LogP contribution in [0.1, 0.15) is 29.4 Å². The quantitative estimate of drug-likeness (QED) is 0.0957. The SMILES string of the molecule is COc1ccc(C2=NN(C(=O)CSc3nnc(CNC(=O)COc4ccccc4)n3-c3ccc([N+](=O)[O-])cc3)[C@H](c3ccc(F)cc3)C2)cc1. The molecule has 6 rings (SSSR count). The minimum Gasteiger partial charge on any atom is -0.497 e. The van der Waals surface area contributed by atoms with Crippen LogP contribution in [0.4, 0.5) is 10.1 Å². The van der Waals surface area contributed by atoms with Crippen LogP contribution < -0.4 is 14.8 Å². The van der Waals surface area contributed by atoms with Crippen molar-refractivity contribution in [2.75, 3.05) is 19.5 Å². The highest BCUT2D eigenvalue weighted by molar-refractivity contribution is 7.99. The molecule has 1 N–H and O–H groups in total. The van der Waals surface area contributed by atoms with Crippen LogP contribution >= 0.6 is 11.8 Å². The lowest BCUT2D eigenvalue weighted by molar-refractivity contribution is -0.384. The number of non-ortho nitro benzene ring substituents is 1. The minimum absolute atomic E-state index is 0.0379. The zero-order valence-electron chi connectivity index (χ0n) is 26.6. The van der Waals surface area contributed by atoms with E-state index in [1.165, 1.54) is 41.4 Å². The molecule has 13 nitrogen and oxygen atoms in total. The van der Waals surface area contributed by atoms with Gasteiger partial charge in [-0.2, -0.15) is 5.10 Å². The van der Waals surface area contributed by atoms with Crippen molar-refractivity contribution < 1.29 is 28.4 Å². The largest absolute Gasteiger partial charge is 0.497 e. The number of hydrazone groups is 1. The second-order valence-corrected chi connectivity index (χ2v) is 11.9. The summed E-state index contributed by atoms with van der Waals surface area (Å²) in [5, 5.41) is 29.0. The Morgan fingerprint density at radius 3 is 2.36 bits per heavy atom. The summed E-state index contributed by atoms with van der Waals surface area (Å²) in [6, 6.07) is 27.5. The van der Waals surface area contributed by atoms with Gasteiger partial charge in [-0.1, -0.05) is 42.1 Å². The molecule has 0 saturated carbocycles. The van der Waals surface area contributed by atoms with Crippen molar-refractivity contribution >= 4 is 35.0 Å². The molecule has 4 aromatic carbocycles. The molecular weight excluding hydrogens is 665 g/mol. The van der Waals surface area contributed by atoms with Crippen LogP contribution in [0.15, 0.2) is 113 Å². The van der Waals surface area contributed by atoms with Crippen LogP contribution in [0.5, 0.6) is 11.5 Å². The second-order valence-electron chi connectivity index (χ2n) is 11.0. The van der Waals surface area contributed by atoms with E-state index in [-0.39, 0.29) is 30.5 Å². The smallest absolute Gasteiger partial charge is 0.269 e. The molecule has 15 heteroatoms. The van der Waals surface area contributed by atoms with Gasteiger partial charge in [0.15, 0.2) is 17.6 Å². The van der Waals surface area contributed by atoms with E-state index >= 15 is 0 Å². The fourth-order valence-corrected chi connectivity index (χ4v) is 6.04. The average molecular weight is 696 g/mol. The number of rotatable bonds is 13. The monoisotopic (exact) mass is 695 g/mol. The number of methoxy groups -OCH3 is 1. The van der Waals surface area contributed by atoms with E-state index in [4.69, 9.17) is 14.6 Å². The van der Waals surface area contributed by atoms with Gasteiger partial charge in [0.05, 0.1) is 36.1 Å². The van der Waals surface area contributed by atoms with E-state index < -0.39 is 22.7 Å². The number of nitrogens with zero attached hydrogens (tertiary/aromatic N) is 6. The number of ether oxygens (including phenoxy) is 2. The number of thioether (sulfide) groups is 1. The van der Waals surface area contributed by atoms with Gasteiger partial charge >= 0.3 is 0 Å². The zero-order valence-corrected chi connectivity index (χ0v) is 27.5. The lowest BCUT2D eigenvalue weighted by Gasteiger charge is -2.22. The number of halogens is 1. The van der Waals surface area contributed by atoms with Crippen LogP contribution in [0.2, 0.25) is 0 Å². The third kappa shape index (κ3) is 7.95. The first-order valence-corrected chi connectivity index (χ1v) is 16.3. The Morgan fingerprint density at radius 1 is 0.960 bits per heavy atom. The number of nitro benzene ring substituents is 1. The van der Waals surface area contributed by atoms with Gasteiger partial charge in [-0.05, 0) is 71.8 Å². The van der Waals surface area contributed by atoms with Gasteiger partial charge in [-0.15, -0.1) is 10.2 Å². The molecule has 1 aliphatic rings. The summed E-state index contributed by atoms with van der Waals surface area (Å²) in [5.41, 5.74) is 2.61. The summed E-state index contributed by atoms with van der Waals surface area (Å²) in [7, 11) is 1.58. The molecule has 5 aromatic rings. The van der Waals surface area contributed by atoms with Crippen molar-refractivity contribution in [2.24, 2.45) is 5.10 Å². The summed E-state index contributed by atoms with van der Waals surface area (Å²) in [4.78, 5) is 37.2. The molecule has 254 valence electrons. The Balaban J connectivity index is 1.22. The summed E-state index contributed by atoms with van der Waals surface area (Å²) in [6.07, 6.45) is 0.408. The number of nitrogens with one attached hydrogen (secondary N) is 1. The molecule has 1 aromatic heterocycles. The molecule has 2 heterocycles. The number of carbonyl (C=O) groups excluding carboxylic acids is 2. The fraction of sp³-hybridized carbons (Fsp3) is 0.171. The van der Waals surface area contributed by atoms with E-state index in [9.17, 15) is 24.1 Å². The summed E-state index contributed by atoms with van der Waals surface area (Å²) in [6.45, 7) is -0.264. The summed E-state index contributed by atoms with van der Waals surface area (Å²) >= 11 is 1.09. The number of hydrogen-bond acceptors (Lipinski definition) is 10. The van der Waals surface area contributed by atoms with E-state index in [0.29, 0.717) is 40.3 Å². The molecule has 0 aliphatic carbocycles. The lowest BCUT2D eigenvalue weighted by Crippen LogP contribution is -2.29. The molecule has 0 spiro atoms. The zero-order chi connectivity index (χ0) is 35.0. The Labute approximate surface area is 289 Å². The molecular formula is C35H30FN7O6S. The van der Waals surface area contributed by atoms with Crippen molar-refractivity contribution in [3.8, 4) is 17.2 Å². The molecule has 1 atom stereocenters. The highest BCUT2D eigenvalue weighted by Crippen LogP contribution is 2.34. The highest BCUT2D eigenvalue weighted by Gasteiger charge is 2.33. The number of para-hydroxylation sites is 1. The van der Waals surface area contributed by atoms with Crippen molar-refractivity contribution in [3.05, 3.63) is 136 Å². The third-order valence-electron chi connectivity index (χ3n) is 7.74. The summed E-state index contributed by atoms with van der Waals surface area (Å²) in [5.74, 6) is 0.328. The number of carbonyl (C=O) groups is 2. The van der Waals surface area contributed by atoms with Crippen molar-refractivity contribution in [1.29, 1.82) is 0 Å². The highest BCUT2D eigenvalue weighted by atomic mass is 32.2. The van der Waals surface area contributed by atoms with Gasteiger partial charge < -0.3 is 14.8 Å². The molecule has 2 amide bonds. The van der Waals surface area contributed by atoms with Crippen molar-refractivity contribution in [1.82, 2.24) is 25.1 Å². The standard InChI is InChI=1S/C35H30FN7O6S/c1-48-28-17-9-23(10-18-28)30-19-31(24-7-11-25(36)12-8-24)42(40-30)34(45)22-50-35-39-38-32(41(35)26-13-15-27(16-14-26)43(46)47)20-37-33(44)21-49-29-5-3-2-4-6-29/h2-18,31H,19-22H2,1H3,(H,37,44)/t31-/m0/s1. The average Bonchev–Trinajstić information content (AvgIpc) is 3.78. The maximum absolute atomic E-state index is 13.8. The third-order valence-corrected chi connectivity index (χ3v) is 8.66. The molecule has 0 radical (unpaired) electrons. The maximum Gasteiger partial charge on any atom is 0.269 e. The predicted octanol–water partition coefficient (Wildman–Crippen LogP) is 5.49. The molecule has 0 unspecified atom stereocenters. The van der Waals surface area contributed by atoms with E-state index in [1.807, 2.05) is 30.3 Å². The second kappa shape index (κ2) is 15.4. The van der Waals surface area contributed by atoms with Gasteiger partial charge in [-0.25, -0.2) is 9.40 Å². The van der Waals surface area contributed by atoms with Crippen LogP contribution in [0.25, 0.3) is 5.69 Å². The first-order valence-electron chi connectivity index (χ1n) is 15.3. The Kier molecular flexibility index (Phi) is 10.4. The maximum atomic E-state index is 13.8.